The summed E-state index contributed by atoms with van der Waals surface area (Å²) in [6, 6.07) is 14.8. The van der Waals surface area contributed by atoms with Crippen LogP contribution in [0.1, 0.15) is 21.6 Å². The van der Waals surface area contributed by atoms with Crippen LogP contribution in [0.4, 0.5) is 11.4 Å². The Morgan fingerprint density at radius 3 is 2.34 bits per heavy atom. The monoisotopic (exact) mass is 422 g/mol. The highest BCUT2D eigenvalue weighted by Gasteiger charge is 2.41. The minimum atomic E-state index is -0.387. The molecule has 4 nitrogen and oxygen atoms in total. The van der Waals surface area contributed by atoms with Crippen LogP contribution >= 0.6 is 22.9 Å². The number of carbonyl (C=O) groups is 2. The Kier molecular flexibility index (Phi) is 5.03. The molecule has 4 rings (SSSR count). The molecule has 1 aliphatic rings. The molecule has 0 unspecified atom stereocenters. The molecule has 2 heterocycles. The fourth-order valence-electron chi connectivity index (χ4n) is 3.30. The topological polar surface area (TPSA) is 49.4 Å². The Bertz CT molecular complexity index is 1170. The summed E-state index contributed by atoms with van der Waals surface area (Å²) in [6.45, 7) is 5.90. The molecule has 0 saturated carbocycles. The molecular formula is C23H19ClN2O2S. The molecule has 2 amide bonds. The molecule has 0 radical (unpaired) electrons. The highest BCUT2D eigenvalue weighted by molar-refractivity contribution is 7.11. The van der Waals surface area contributed by atoms with Crippen LogP contribution in [0, 0.1) is 20.8 Å². The SMILES string of the molecule is Cc1ccc(NC2=C(c3cccs3)C(=O)N(c3cc(Cl)ccc3C)C2=O)cc1C. The summed E-state index contributed by atoms with van der Waals surface area (Å²) < 4.78 is 0. The van der Waals surface area contributed by atoms with E-state index in [1.54, 1.807) is 18.2 Å². The van der Waals surface area contributed by atoms with E-state index >= 15 is 0 Å². The van der Waals surface area contributed by atoms with Gasteiger partial charge in [0.1, 0.15) is 5.70 Å². The van der Waals surface area contributed by atoms with E-state index in [2.05, 4.69) is 5.32 Å². The summed E-state index contributed by atoms with van der Waals surface area (Å²) in [7, 11) is 0. The van der Waals surface area contributed by atoms with Gasteiger partial charge in [0.05, 0.1) is 11.3 Å². The Hall–Kier alpha value is -2.89. The Labute approximate surface area is 178 Å². The third kappa shape index (κ3) is 3.48. The lowest BCUT2D eigenvalue weighted by molar-refractivity contribution is -0.120. The molecule has 0 atom stereocenters. The summed E-state index contributed by atoms with van der Waals surface area (Å²) in [5, 5.41) is 5.56. The van der Waals surface area contributed by atoms with Crippen LogP contribution in [0.3, 0.4) is 0 Å². The average Bonchev–Trinajstić information content (AvgIpc) is 3.28. The summed E-state index contributed by atoms with van der Waals surface area (Å²) in [4.78, 5) is 28.7. The van der Waals surface area contributed by atoms with Crippen molar-refractivity contribution < 1.29 is 9.59 Å². The molecule has 2 aromatic carbocycles. The molecule has 0 aliphatic carbocycles. The highest BCUT2D eigenvalue weighted by atomic mass is 35.5. The van der Waals surface area contributed by atoms with E-state index in [1.165, 1.54) is 16.2 Å². The largest absolute Gasteiger partial charge is 0.350 e. The first kappa shape index (κ1) is 19.4. The molecule has 3 aromatic rings. The third-order valence-electron chi connectivity index (χ3n) is 5.04. The molecule has 0 bridgehead atoms. The van der Waals surface area contributed by atoms with E-state index in [4.69, 9.17) is 11.6 Å². The van der Waals surface area contributed by atoms with Gasteiger partial charge in [0.2, 0.25) is 0 Å². The van der Waals surface area contributed by atoms with Crippen LogP contribution in [-0.4, -0.2) is 11.8 Å². The van der Waals surface area contributed by atoms with Crippen LogP contribution in [-0.2, 0) is 9.59 Å². The first-order valence-corrected chi connectivity index (χ1v) is 10.4. The quantitative estimate of drug-likeness (QED) is 0.547. The van der Waals surface area contributed by atoms with Gasteiger partial charge in [-0.3, -0.25) is 9.59 Å². The maximum Gasteiger partial charge on any atom is 0.282 e. The van der Waals surface area contributed by atoms with Gasteiger partial charge in [0.25, 0.3) is 11.8 Å². The van der Waals surface area contributed by atoms with E-state index < -0.39 is 0 Å². The third-order valence-corrected chi connectivity index (χ3v) is 6.16. The summed E-state index contributed by atoms with van der Waals surface area (Å²) >= 11 is 7.58. The van der Waals surface area contributed by atoms with Crippen LogP contribution in [0.2, 0.25) is 5.02 Å². The second-order valence-corrected chi connectivity index (χ2v) is 8.41. The number of benzene rings is 2. The van der Waals surface area contributed by atoms with Crippen LogP contribution in [0.25, 0.3) is 5.57 Å². The van der Waals surface area contributed by atoms with Gasteiger partial charge < -0.3 is 5.32 Å². The van der Waals surface area contributed by atoms with E-state index in [0.717, 1.165) is 27.3 Å². The Balaban J connectivity index is 1.82. The van der Waals surface area contributed by atoms with Crippen molar-refractivity contribution in [3.8, 4) is 0 Å². The number of aryl methyl sites for hydroxylation is 3. The van der Waals surface area contributed by atoms with E-state index in [0.29, 0.717) is 16.3 Å². The molecule has 29 heavy (non-hydrogen) atoms. The van der Waals surface area contributed by atoms with Gasteiger partial charge >= 0.3 is 0 Å². The normalized spacial score (nSPS) is 14.1. The number of nitrogens with one attached hydrogen (secondary N) is 1. The Morgan fingerprint density at radius 1 is 0.897 bits per heavy atom. The molecule has 1 aromatic heterocycles. The number of amides is 2. The van der Waals surface area contributed by atoms with Gasteiger partial charge in [-0.25, -0.2) is 4.90 Å². The van der Waals surface area contributed by atoms with Crippen LogP contribution in [0.5, 0.6) is 0 Å². The lowest BCUT2D eigenvalue weighted by Crippen LogP contribution is -2.33. The van der Waals surface area contributed by atoms with Crippen molar-refractivity contribution in [2.75, 3.05) is 10.2 Å². The van der Waals surface area contributed by atoms with E-state index in [1.807, 2.05) is 56.5 Å². The minimum absolute atomic E-state index is 0.278. The molecule has 1 aliphatic heterocycles. The molecule has 0 fully saturated rings. The van der Waals surface area contributed by atoms with Gasteiger partial charge in [-0.15, -0.1) is 11.3 Å². The molecule has 146 valence electrons. The zero-order valence-corrected chi connectivity index (χ0v) is 17.8. The number of carbonyl (C=O) groups excluding carboxylic acids is 2. The van der Waals surface area contributed by atoms with Gasteiger partial charge in [-0.1, -0.05) is 29.8 Å². The maximum atomic E-state index is 13.4. The van der Waals surface area contributed by atoms with E-state index in [9.17, 15) is 9.59 Å². The predicted octanol–water partition coefficient (Wildman–Crippen LogP) is 5.72. The molecular weight excluding hydrogens is 404 g/mol. The second-order valence-electron chi connectivity index (χ2n) is 7.03. The first-order valence-electron chi connectivity index (χ1n) is 9.14. The summed E-state index contributed by atoms with van der Waals surface area (Å²) in [6.07, 6.45) is 0. The lowest BCUT2D eigenvalue weighted by Gasteiger charge is -2.18. The number of anilines is 2. The van der Waals surface area contributed by atoms with Crippen molar-refractivity contribution in [1.82, 2.24) is 0 Å². The number of halogens is 1. The maximum absolute atomic E-state index is 13.4. The van der Waals surface area contributed by atoms with Crippen molar-refractivity contribution in [2.45, 2.75) is 20.8 Å². The van der Waals surface area contributed by atoms with Gasteiger partial charge in [-0.05, 0) is 73.2 Å². The number of nitrogens with zero attached hydrogens (tertiary/aromatic N) is 1. The van der Waals surface area contributed by atoms with Crippen molar-refractivity contribution in [1.29, 1.82) is 0 Å². The fraction of sp³-hybridized carbons (Fsp3) is 0.130. The zero-order chi connectivity index (χ0) is 20.7. The van der Waals surface area contributed by atoms with E-state index in [-0.39, 0.29) is 17.5 Å². The number of imide groups is 1. The van der Waals surface area contributed by atoms with Crippen molar-refractivity contribution >= 4 is 51.7 Å². The fourth-order valence-corrected chi connectivity index (χ4v) is 4.24. The standard InChI is InChI=1S/C23H19ClN2O2S/c1-13-7-9-17(11-15(13)3)25-21-20(19-5-4-10-29-19)22(27)26(23(21)28)18-12-16(24)8-6-14(18)2/h4-12,25H,1-3H3. The van der Waals surface area contributed by atoms with Crippen molar-refractivity contribution in [2.24, 2.45) is 0 Å². The average molecular weight is 423 g/mol. The summed E-state index contributed by atoms with van der Waals surface area (Å²) in [5.74, 6) is -0.740. The number of hydrogen-bond donors (Lipinski definition) is 1. The van der Waals surface area contributed by atoms with Crippen molar-refractivity contribution in [3.05, 3.63) is 86.2 Å². The van der Waals surface area contributed by atoms with Crippen LogP contribution in [0.15, 0.2) is 59.6 Å². The smallest absolute Gasteiger partial charge is 0.282 e. The predicted molar refractivity (Wildman–Crippen MR) is 119 cm³/mol. The minimum Gasteiger partial charge on any atom is -0.350 e. The van der Waals surface area contributed by atoms with Crippen LogP contribution < -0.4 is 10.2 Å². The number of hydrogen-bond acceptors (Lipinski definition) is 4. The lowest BCUT2D eigenvalue weighted by atomic mass is 10.1. The van der Waals surface area contributed by atoms with Gasteiger partial charge in [0.15, 0.2) is 0 Å². The van der Waals surface area contributed by atoms with Gasteiger partial charge in [0, 0.05) is 15.6 Å². The molecule has 0 saturated heterocycles. The number of thiophene rings is 1. The van der Waals surface area contributed by atoms with Crippen molar-refractivity contribution in [3.63, 3.8) is 0 Å². The number of rotatable bonds is 4. The zero-order valence-electron chi connectivity index (χ0n) is 16.2. The van der Waals surface area contributed by atoms with Gasteiger partial charge in [-0.2, -0.15) is 0 Å². The second kappa shape index (κ2) is 7.50. The molecule has 6 heteroatoms. The highest BCUT2D eigenvalue weighted by Crippen LogP contribution is 2.37. The Morgan fingerprint density at radius 2 is 1.66 bits per heavy atom. The molecule has 1 N–H and O–H groups in total. The molecule has 0 spiro atoms. The first-order chi connectivity index (χ1) is 13.9. The summed E-state index contributed by atoms with van der Waals surface area (Å²) in [5.41, 5.74) is 4.98.